The topological polar surface area (TPSA) is 120 Å². The van der Waals surface area contributed by atoms with Gasteiger partial charge in [-0.15, -0.1) is 0 Å². The highest BCUT2D eigenvalue weighted by Gasteiger charge is 2.07. The predicted octanol–water partition coefficient (Wildman–Crippen LogP) is 1.72. The zero-order valence-corrected chi connectivity index (χ0v) is 14.2. The maximum Gasteiger partial charge on any atom is 0.305 e. The number of aromatic nitrogens is 4. The first-order chi connectivity index (χ1) is 12.6. The first-order valence-corrected chi connectivity index (χ1v) is 7.94. The summed E-state index contributed by atoms with van der Waals surface area (Å²) in [6.07, 6.45) is 7.52. The predicted molar refractivity (Wildman–Crippen MR) is 95.9 cm³/mol. The van der Waals surface area contributed by atoms with Gasteiger partial charge in [0, 0.05) is 23.9 Å². The van der Waals surface area contributed by atoms with E-state index in [0.29, 0.717) is 24.2 Å². The molecule has 1 aromatic carbocycles. The molecule has 0 saturated carbocycles. The number of rotatable bonds is 6. The summed E-state index contributed by atoms with van der Waals surface area (Å²) in [7, 11) is 1.38. The van der Waals surface area contributed by atoms with Crippen LogP contribution in [0.2, 0.25) is 0 Å². The third-order valence-electron chi connectivity index (χ3n) is 3.84. The molecular weight excluding hydrogens is 332 g/mol. The van der Waals surface area contributed by atoms with E-state index in [2.05, 4.69) is 19.7 Å². The van der Waals surface area contributed by atoms with Gasteiger partial charge in [0.2, 0.25) is 0 Å². The molecule has 26 heavy (non-hydrogen) atoms. The number of hydrogen-bond donors (Lipinski definition) is 2. The van der Waals surface area contributed by atoms with Crippen LogP contribution >= 0.6 is 0 Å². The zero-order chi connectivity index (χ0) is 18.5. The molecule has 2 heterocycles. The minimum Gasteiger partial charge on any atom is -0.469 e. The van der Waals surface area contributed by atoms with Crippen molar-refractivity contribution in [2.75, 3.05) is 7.11 Å². The lowest BCUT2D eigenvalue weighted by molar-refractivity contribution is -0.140. The van der Waals surface area contributed by atoms with Crippen LogP contribution in [0.1, 0.15) is 17.8 Å². The highest BCUT2D eigenvalue weighted by atomic mass is 16.5. The fourth-order valence-electron chi connectivity index (χ4n) is 2.39. The third kappa shape index (κ3) is 3.92. The van der Waals surface area contributed by atoms with Gasteiger partial charge in [0.05, 0.1) is 43.6 Å². The lowest BCUT2D eigenvalue weighted by atomic mass is 10.1. The van der Waals surface area contributed by atoms with E-state index >= 15 is 0 Å². The molecule has 0 atom stereocenters. The van der Waals surface area contributed by atoms with Crippen LogP contribution in [0.25, 0.3) is 16.9 Å². The summed E-state index contributed by atoms with van der Waals surface area (Å²) in [5, 5.41) is 7.34. The number of methoxy groups -OCH3 is 1. The van der Waals surface area contributed by atoms with E-state index in [1.807, 2.05) is 35.0 Å². The van der Waals surface area contributed by atoms with Gasteiger partial charge in [-0.05, 0) is 12.1 Å². The molecule has 0 saturated heterocycles. The molecule has 3 N–H and O–H groups in total. The molecule has 0 aliphatic heterocycles. The summed E-state index contributed by atoms with van der Waals surface area (Å²) < 4.78 is 6.53. The molecule has 3 aromatic rings. The average Bonchev–Trinajstić information content (AvgIpc) is 3.15. The summed E-state index contributed by atoms with van der Waals surface area (Å²) in [6.45, 7) is 0. The number of hydrogen-bond acceptors (Lipinski definition) is 6. The molecular formula is C18H18N6O2. The Kier molecular flexibility index (Phi) is 5.02. The van der Waals surface area contributed by atoms with Gasteiger partial charge >= 0.3 is 5.97 Å². The van der Waals surface area contributed by atoms with Crippen molar-refractivity contribution in [3.8, 4) is 16.9 Å². The molecule has 0 radical (unpaired) electrons. The maximum atomic E-state index is 11.2. The second kappa shape index (κ2) is 7.56. The Labute approximate surface area is 150 Å². The molecule has 0 aliphatic rings. The van der Waals surface area contributed by atoms with E-state index in [-0.39, 0.29) is 11.8 Å². The Morgan fingerprint density at radius 3 is 2.58 bits per heavy atom. The number of imidazole rings is 1. The number of nitrogens with one attached hydrogen (secondary N) is 1. The van der Waals surface area contributed by atoms with Crippen molar-refractivity contribution < 1.29 is 9.53 Å². The van der Waals surface area contributed by atoms with Gasteiger partial charge in [-0.3, -0.25) is 15.2 Å². The number of carbonyl (C=O) groups is 1. The van der Waals surface area contributed by atoms with Crippen molar-refractivity contribution in [3.05, 3.63) is 60.6 Å². The van der Waals surface area contributed by atoms with Crippen LogP contribution in [-0.4, -0.2) is 38.4 Å². The number of esters is 1. The highest BCUT2D eigenvalue weighted by molar-refractivity contribution is 5.92. The van der Waals surface area contributed by atoms with E-state index < -0.39 is 0 Å². The first kappa shape index (κ1) is 17.3. The lowest BCUT2D eigenvalue weighted by Gasteiger charge is -2.05. The van der Waals surface area contributed by atoms with Crippen molar-refractivity contribution in [2.24, 2.45) is 5.73 Å². The van der Waals surface area contributed by atoms with Crippen LogP contribution in [0.5, 0.6) is 0 Å². The number of benzene rings is 1. The van der Waals surface area contributed by atoms with Crippen molar-refractivity contribution >= 4 is 11.8 Å². The molecule has 0 bridgehead atoms. The van der Waals surface area contributed by atoms with E-state index in [0.717, 1.165) is 16.9 Å². The second-order valence-electron chi connectivity index (χ2n) is 5.60. The van der Waals surface area contributed by atoms with Gasteiger partial charge in [0.15, 0.2) is 0 Å². The summed E-state index contributed by atoms with van der Waals surface area (Å²) in [5.74, 6) is -0.358. The van der Waals surface area contributed by atoms with Crippen LogP contribution in [-0.2, 0) is 16.0 Å². The Hall–Kier alpha value is -3.55. The summed E-state index contributed by atoms with van der Waals surface area (Å²) in [4.78, 5) is 23.9. The van der Waals surface area contributed by atoms with Gasteiger partial charge in [-0.1, -0.05) is 12.1 Å². The van der Waals surface area contributed by atoms with E-state index in [1.54, 1.807) is 12.5 Å². The highest BCUT2D eigenvalue weighted by Crippen LogP contribution is 2.19. The van der Waals surface area contributed by atoms with Crippen LogP contribution in [0.3, 0.4) is 0 Å². The van der Waals surface area contributed by atoms with Crippen molar-refractivity contribution in [2.45, 2.75) is 12.8 Å². The van der Waals surface area contributed by atoms with Crippen molar-refractivity contribution in [1.29, 1.82) is 5.41 Å². The fourth-order valence-corrected chi connectivity index (χ4v) is 2.39. The van der Waals surface area contributed by atoms with Gasteiger partial charge in [0.1, 0.15) is 11.5 Å². The minimum atomic E-state index is -0.249. The largest absolute Gasteiger partial charge is 0.469 e. The molecule has 0 amide bonds. The Balaban J connectivity index is 1.72. The van der Waals surface area contributed by atoms with Crippen LogP contribution in [0.15, 0.2) is 49.2 Å². The van der Waals surface area contributed by atoms with E-state index in [4.69, 9.17) is 11.1 Å². The molecule has 2 aromatic heterocycles. The summed E-state index contributed by atoms with van der Waals surface area (Å²) >= 11 is 0. The standard InChI is InChI=1S/C18H18N6O2/c1-26-17(25)7-4-13-10-24(11-23-13)14-5-2-12(3-6-14)15-8-22-16(9-21-15)18(19)20/h2-3,5-6,8-11H,4,7H2,1H3,(H3,19,20). The minimum absolute atomic E-state index is 0.109. The first-order valence-electron chi connectivity index (χ1n) is 7.94. The van der Waals surface area contributed by atoms with E-state index in [1.165, 1.54) is 13.3 Å². The molecule has 3 rings (SSSR count). The van der Waals surface area contributed by atoms with Gasteiger partial charge in [0.25, 0.3) is 0 Å². The van der Waals surface area contributed by atoms with Gasteiger partial charge in [-0.2, -0.15) is 0 Å². The number of ether oxygens (including phenoxy) is 1. The van der Waals surface area contributed by atoms with Crippen LogP contribution in [0, 0.1) is 5.41 Å². The SMILES string of the molecule is COC(=O)CCc1cn(-c2ccc(-c3cnc(C(=N)N)cn3)cc2)cn1. The normalized spacial score (nSPS) is 10.5. The number of carbonyl (C=O) groups excluding carboxylic acids is 1. The number of aryl methyl sites for hydroxylation is 1. The Morgan fingerprint density at radius 2 is 1.96 bits per heavy atom. The third-order valence-corrected chi connectivity index (χ3v) is 3.84. The maximum absolute atomic E-state index is 11.2. The monoisotopic (exact) mass is 350 g/mol. The molecule has 0 aliphatic carbocycles. The Morgan fingerprint density at radius 1 is 1.19 bits per heavy atom. The number of nitrogens with two attached hydrogens (primary N) is 1. The summed E-state index contributed by atoms with van der Waals surface area (Å²) in [6, 6.07) is 7.76. The van der Waals surface area contributed by atoms with Crippen molar-refractivity contribution in [3.63, 3.8) is 0 Å². The zero-order valence-electron chi connectivity index (χ0n) is 14.2. The van der Waals surface area contributed by atoms with Gasteiger partial charge < -0.3 is 15.0 Å². The smallest absolute Gasteiger partial charge is 0.305 e. The average molecular weight is 350 g/mol. The molecule has 0 fully saturated rings. The number of nitrogen functional groups attached to an aromatic ring is 1. The fraction of sp³-hybridized carbons (Fsp3) is 0.167. The second-order valence-corrected chi connectivity index (χ2v) is 5.60. The molecule has 132 valence electrons. The van der Waals surface area contributed by atoms with E-state index in [9.17, 15) is 4.79 Å². The van der Waals surface area contributed by atoms with Crippen LogP contribution in [0.4, 0.5) is 0 Å². The van der Waals surface area contributed by atoms with Crippen molar-refractivity contribution in [1.82, 2.24) is 19.5 Å². The lowest BCUT2D eigenvalue weighted by Crippen LogP contribution is -2.13. The number of nitrogens with zero attached hydrogens (tertiary/aromatic N) is 4. The van der Waals surface area contributed by atoms with Gasteiger partial charge in [-0.25, -0.2) is 9.97 Å². The summed E-state index contributed by atoms with van der Waals surface area (Å²) in [5.41, 5.74) is 9.10. The molecule has 0 spiro atoms. The molecule has 8 nitrogen and oxygen atoms in total. The number of amidine groups is 1. The van der Waals surface area contributed by atoms with Crippen LogP contribution < -0.4 is 5.73 Å². The molecule has 8 heteroatoms. The molecule has 0 unspecified atom stereocenters. The Bertz CT molecular complexity index is 916. The quantitative estimate of drug-likeness (QED) is 0.397.